The summed E-state index contributed by atoms with van der Waals surface area (Å²) >= 11 is 5.30. The maximum atomic E-state index is 5.30. The fraction of sp³-hybridized carbons (Fsp3) is 0.235. The molecular formula is C17H20N2S. The highest BCUT2D eigenvalue weighted by Crippen LogP contribution is 2.18. The molecule has 0 aliphatic carbocycles. The van der Waals surface area contributed by atoms with Gasteiger partial charge in [-0.05, 0) is 42.3 Å². The zero-order chi connectivity index (χ0) is 14.2. The van der Waals surface area contributed by atoms with E-state index in [1.54, 1.807) is 0 Å². The van der Waals surface area contributed by atoms with E-state index in [4.69, 9.17) is 12.2 Å². The van der Waals surface area contributed by atoms with Crippen molar-refractivity contribution in [3.8, 4) is 0 Å². The van der Waals surface area contributed by atoms with E-state index in [1.165, 1.54) is 11.1 Å². The van der Waals surface area contributed by atoms with Gasteiger partial charge in [-0.3, -0.25) is 0 Å². The second-order valence-electron chi connectivity index (χ2n) is 4.70. The molecule has 104 valence electrons. The number of nitrogens with one attached hydrogen (secondary N) is 2. The second kappa shape index (κ2) is 7.65. The minimum Gasteiger partial charge on any atom is -0.362 e. The van der Waals surface area contributed by atoms with Crippen molar-refractivity contribution >= 4 is 23.0 Å². The lowest BCUT2D eigenvalue weighted by Crippen LogP contribution is -2.29. The molecule has 0 radical (unpaired) electrons. The van der Waals surface area contributed by atoms with Gasteiger partial charge in [0, 0.05) is 12.2 Å². The topological polar surface area (TPSA) is 24.1 Å². The summed E-state index contributed by atoms with van der Waals surface area (Å²) in [6.45, 7) is 3.02. The van der Waals surface area contributed by atoms with Crippen LogP contribution in [0.15, 0.2) is 54.6 Å². The summed E-state index contributed by atoms with van der Waals surface area (Å²) in [6.07, 6.45) is 1.97. The summed E-state index contributed by atoms with van der Waals surface area (Å²) in [5, 5.41) is 7.17. The van der Waals surface area contributed by atoms with E-state index >= 15 is 0 Å². The number of hydrogen-bond donors (Lipinski definition) is 2. The van der Waals surface area contributed by atoms with Crippen molar-refractivity contribution in [3.05, 3.63) is 65.7 Å². The summed E-state index contributed by atoms with van der Waals surface area (Å²) < 4.78 is 0. The molecule has 0 saturated heterocycles. The summed E-state index contributed by atoms with van der Waals surface area (Å²) in [7, 11) is 0. The Morgan fingerprint density at radius 3 is 2.45 bits per heavy atom. The standard InChI is InChI=1S/C17H20N2S/c1-2-12-18-17(20)19-16-11-7-6-10-15(16)13-14-8-4-3-5-9-14/h3-11H,2,12-13H2,1H3,(H2,18,19,20). The maximum absolute atomic E-state index is 5.30. The highest BCUT2D eigenvalue weighted by atomic mass is 32.1. The molecule has 0 aliphatic heterocycles. The summed E-state index contributed by atoms with van der Waals surface area (Å²) in [5.41, 5.74) is 3.62. The first-order chi connectivity index (χ1) is 9.79. The highest BCUT2D eigenvalue weighted by Gasteiger charge is 2.04. The molecule has 0 amide bonds. The first-order valence-corrected chi connectivity index (χ1v) is 7.37. The molecule has 0 bridgehead atoms. The van der Waals surface area contributed by atoms with Crippen molar-refractivity contribution < 1.29 is 0 Å². The van der Waals surface area contributed by atoms with Crippen LogP contribution >= 0.6 is 12.2 Å². The van der Waals surface area contributed by atoms with Crippen LogP contribution in [0, 0.1) is 0 Å². The smallest absolute Gasteiger partial charge is 0.170 e. The van der Waals surface area contributed by atoms with E-state index in [-0.39, 0.29) is 0 Å². The summed E-state index contributed by atoms with van der Waals surface area (Å²) in [6, 6.07) is 18.8. The molecule has 0 aromatic heterocycles. The molecule has 0 heterocycles. The normalized spacial score (nSPS) is 10.1. The quantitative estimate of drug-likeness (QED) is 0.812. The predicted octanol–water partition coefficient (Wildman–Crippen LogP) is 3.97. The molecule has 0 atom stereocenters. The Bertz CT molecular complexity index is 552. The van der Waals surface area contributed by atoms with Gasteiger partial charge in [0.1, 0.15) is 0 Å². The van der Waals surface area contributed by atoms with Crippen LogP contribution in [0.4, 0.5) is 5.69 Å². The van der Waals surface area contributed by atoms with Crippen LogP contribution in [0.3, 0.4) is 0 Å². The molecule has 2 aromatic rings. The van der Waals surface area contributed by atoms with Crippen LogP contribution in [-0.4, -0.2) is 11.7 Å². The molecular weight excluding hydrogens is 264 g/mol. The van der Waals surface area contributed by atoms with Crippen LogP contribution in [0.25, 0.3) is 0 Å². The van der Waals surface area contributed by atoms with Gasteiger partial charge in [-0.25, -0.2) is 0 Å². The molecule has 0 aliphatic rings. The van der Waals surface area contributed by atoms with Crippen molar-refractivity contribution in [1.82, 2.24) is 5.32 Å². The number of thiocarbonyl (C=S) groups is 1. The minimum atomic E-state index is 0.687. The second-order valence-corrected chi connectivity index (χ2v) is 5.11. The SMILES string of the molecule is CCCNC(=S)Nc1ccccc1Cc1ccccc1. The first-order valence-electron chi connectivity index (χ1n) is 6.96. The fourth-order valence-corrected chi connectivity index (χ4v) is 2.23. The van der Waals surface area contributed by atoms with E-state index in [0.717, 1.165) is 25.1 Å². The first kappa shape index (κ1) is 14.5. The monoisotopic (exact) mass is 284 g/mol. The third kappa shape index (κ3) is 4.35. The Morgan fingerprint density at radius 1 is 1.00 bits per heavy atom. The van der Waals surface area contributed by atoms with Crippen molar-refractivity contribution in [2.45, 2.75) is 19.8 Å². The largest absolute Gasteiger partial charge is 0.362 e. The molecule has 0 saturated carbocycles. The average Bonchev–Trinajstić information content (AvgIpc) is 2.48. The van der Waals surface area contributed by atoms with Gasteiger partial charge < -0.3 is 10.6 Å². The molecule has 3 heteroatoms. The molecule has 0 fully saturated rings. The van der Waals surface area contributed by atoms with Gasteiger partial charge in [0.15, 0.2) is 5.11 Å². The Labute approximate surface area is 126 Å². The van der Waals surface area contributed by atoms with Crippen molar-refractivity contribution in [1.29, 1.82) is 0 Å². The number of para-hydroxylation sites is 1. The van der Waals surface area contributed by atoms with Gasteiger partial charge in [0.25, 0.3) is 0 Å². The van der Waals surface area contributed by atoms with Crippen LogP contribution in [0.2, 0.25) is 0 Å². The Kier molecular flexibility index (Phi) is 5.56. The van der Waals surface area contributed by atoms with E-state index < -0.39 is 0 Å². The molecule has 2 nitrogen and oxygen atoms in total. The summed E-state index contributed by atoms with van der Waals surface area (Å²) in [4.78, 5) is 0. The van der Waals surface area contributed by atoms with Crippen molar-refractivity contribution in [2.75, 3.05) is 11.9 Å². The van der Waals surface area contributed by atoms with E-state index in [0.29, 0.717) is 5.11 Å². The van der Waals surface area contributed by atoms with Crippen LogP contribution in [-0.2, 0) is 6.42 Å². The lowest BCUT2D eigenvalue weighted by atomic mass is 10.0. The van der Waals surface area contributed by atoms with Gasteiger partial charge in [0.05, 0.1) is 0 Å². The van der Waals surface area contributed by atoms with E-state index in [1.807, 2.05) is 12.1 Å². The third-order valence-electron chi connectivity index (χ3n) is 3.04. The molecule has 0 unspecified atom stereocenters. The summed E-state index contributed by atoms with van der Waals surface area (Å²) in [5.74, 6) is 0. The minimum absolute atomic E-state index is 0.687. The lowest BCUT2D eigenvalue weighted by molar-refractivity contribution is 0.846. The molecule has 2 rings (SSSR count). The highest BCUT2D eigenvalue weighted by molar-refractivity contribution is 7.80. The van der Waals surface area contributed by atoms with E-state index in [2.05, 4.69) is 60.0 Å². The zero-order valence-corrected chi connectivity index (χ0v) is 12.5. The predicted molar refractivity (Wildman–Crippen MR) is 90.2 cm³/mol. The average molecular weight is 284 g/mol. The Balaban J connectivity index is 2.08. The molecule has 20 heavy (non-hydrogen) atoms. The van der Waals surface area contributed by atoms with Gasteiger partial charge in [-0.2, -0.15) is 0 Å². The van der Waals surface area contributed by atoms with Crippen LogP contribution < -0.4 is 10.6 Å². The Hall–Kier alpha value is -1.87. The van der Waals surface area contributed by atoms with E-state index in [9.17, 15) is 0 Å². The van der Waals surface area contributed by atoms with Crippen LogP contribution in [0.1, 0.15) is 24.5 Å². The van der Waals surface area contributed by atoms with Crippen molar-refractivity contribution in [3.63, 3.8) is 0 Å². The zero-order valence-electron chi connectivity index (χ0n) is 11.7. The molecule has 2 N–H and O–H groups in total. The number of hydrogen-bond acceptors (Lipinski definition) is 1. The van der Waals surface area contributed by atoms with Gasteiger partial charge >= 0.3 is 0 Å². The van der Waals surface area contributed by atoms with Gasteiger partial charge in [-0.15, -0.1) is 0 Å². The number of rotatable bonds is 5. The molecule has 0 spiro atoms. The van der Waals surface area contributed by atoms with Crippen molar-refractivity contribution in [2.24, 2.45) is 0 Å². The maximum Gasteiger partial charge on any atom is 0.170 e. The van der Waals surface area contributed by atoms with Gasteiger partial charge in [-0.1, -0.05) is 55.5 Å². The fourth-order valence-electron chi connectivity index (χ4n) is 2.02. The van der Waals surface area contributed by atoms with Gasteiger partial charge in [0.2, 0.25) is 0 Å². The Morgan fingerprint density at radius 2 is 1.70 bits per heavy atom. The third-order valence-corrected chi connectivity index (χ3v) is 3.28. The number of anilines is 1. The molecule has 2 aromatic carbocycles. The lowest BCUT2D eigenvalue weighted by Gasteiger charge is -2.14. The van der Waals surface area contributed by atoms with Crippen LogP contribution in [0.5, 0.6) is 0 Å². The number of benzene rings is 2.